The monoisotopic (exact) mass is 914 g/mol. The van der Waals surface area contributed by atoms with Crippen LogP contribution in [0.3, 0.4) is 0 Å². The Morgan fingerprint density at radius 2 is 0.630 bits per heavy atom. The fourth-order valence-electron chi connectivity index (χ4n) is 8.96. The molecule has 0 saturated carbocycles. The van der Waals surface area contributed by atoms with Crippen molar-refractivity contribution in [3.05, 3.63) is 170 Å². The SMILES string of the molecule is In1c2ccccc2c2cc(-n3c4ccccc4c4cc(-c5ccc6c7ccc(-n8c9ccccc9c9ccccc98)cc7n(I)c6c5)ccc43)ccc21. The molecule has 12 rings (SSSR count). The predicted octanol–water partition coefficient (Wildman–Crippen LogP) is 14.2. The highest BCUT2D eigenvalue weighted by molar-refractivity contribution is 14.1. The molecule has 6 heteroatoms. The van der Waals surface area contributed by atoms with E-state index in [0.717, 1.165) is 0 Å². The maximum atomic E-state index is 2.49. The van der Waals surface area contributed by atoms with Gasteiger partial charge in [0.25, 0.3) is 0 Å². The highest BCUT2D eigenvalue weighted by Gasteiger charge is 2.18. The quantitative estimate of drug-likeness (QED) is 0.157. The zero-order chi connectivity index (χ0) is 35.7. The fraction of sp³-hybridized carbons (Fsp3) is 0. The van der Waals surface area contributed by atoms with Crippen LogP contribution < -0.4 is 0 Å². The summed E-state index contributed by atoms with van der Waals surface area (Å²) in [4.78, 5) is 0. The Balaban J connectivity index is 1.01. The third-order valence-corrected chi connectivity index (χ3v) is 13.5. The van der Waals surface area contributed by atoms with Crippen LogP contribution in [-0.4, -0.2) is 14.7 Å². The highest BCUT2D eigenvalue weighted by Crippen LogP contribution is 2.40. The second-order valence-corrected chi connectivity index (χ2v) is 16.1. The fourth-order valence-corrected chi connectivity index (χ4v) is 10.6. The molecule has 0 spiro atoms. The molecule has 54 heavy (non-hydrogen) atoms. The minimum Gasteiger partial charge on any atom is -0.309 e. The number of halogens is 2. The number of para-hydroxylation sites is 4. The van der Waals surface area contributed by atoms with Gasteiger partial charge < -0.3 is 9.13 Å². The van der Waals surface area contributed by atoms with Crippen molar-refractivity contribution in [2.24, 2.45) is 0 Å². The zero-order valence-corrected chi connectivity index (χ0v) is 33.0. The highest BCUT2D eigenvalue weighted by atomic mass is 127. The van der Waals surface area contributed by atoms with Gasteiger partial charge in [0.1, 0.15) is 0 Å². The molecule has 0 bridgehead atoms. The summed E-state index contributed by atoms with van der Waals surface area (Å²) >= 11 is 4.91. The van der Waals surface area contributed by atoms with Gasteiger partial charge in [-0.25, -0.2) is 0 Å². The summed E-state index contributed by atoms with van der Waals surface area (Å²) in [6, 6.07) is 62.6. The second kappa shape index (κ2) is 11.5. The van der Waals surface area contributed by atoms with E-state index in [1.54, 1.807) is 0 Å². The number of benzene rings is 8. The van der Waals surface area contributed by atoms with E-state index < -0.39 is 0 Å². The Morgan fingerprint density at radius 1 is 0.259 bits per heavy atom. The Bertz CT molecular complexity index is 3490. The normalized spacial score (nSPS) is 12.3. The first kappa shape index (κ1) is 30.8. The standard InChI is InChI=1S/C48H28I2N4/c49-53-45-16-8-4-12-36(45)40-27-31(20-24-46(40)53)51-43-15-7-3-11-35(43)39-25-29(18-23-44(39)51)30-17-21-37-38-22-19-32(28-48(38)54(50)47(37)26-30)52-41-13-5-1-9-33(41)34-10-2-6-14-42(34)52/h1-28H. The van der Waals surface area contributed by atoms with Crippen molar-refractivity contribution in [3.63, 3.8) is 0 Å². The number of rotatable bonds is 3. The van der Waals surface area contributed by atoms with Gasteiger partial charge in [-0.1, -0.05) is 97.1 Å². The van der Waals surface area contributed by atoms with E-state index in [1.165, 1.54) is 110 Å². The first-order valence-corrected chi connectivity index (χ1v) is 20.0. The van der Waals surface area contributed by atoms with Crippen molar-refractivity contribution in [1.82, 2.24) is 14.7 Å². The Kier molecular flexibility index (Phi) is 6.55. The van der Waals surface area contributed by atoms with Crippen LogP contribution in [0.2, 0.25) is 0 Å². The first-order valence-electron chi connectivity index (χ1n) is 18.1. The molecule has 0 atom stereocenters. The molecule has 254 valence electrons. The van der Waals surface area contributed by atoms with Crippen LogP contribution in [0, 0.1) is 0 Å². The molecule has 0 radical (unpaired) electrons. The summed E-state index contributed by atoms with van der Waals surface area (Å²) in [7, 11) is 0. The third kappa shape index (κ3) is 4.23. The molecule has 0 saturated heterocycles. The molecule has 0 unspecified atom stereocenters. The van der Waals surface area contributed by atoms with Crippen molar-refractivity contribution in [2.45, 2.75) is 0 Å². The predicted molar refractivity (Wildman–Crippen MR) is 245 cm³/mol. The maximum Gasteiger partial charge on any atom is 0.0646 e. The summed E-state index contributed by atoms with van der Waals surface area (Å²) in [5.74, 6) is 0. The van der Waals surface area contributed by atoms with Crippen molar-refractivity contribution in [3.8, 4) is 22.5 Å². The van der Waals surface area contributed by atoms with E-state index in [2.05, 4.69) is 230 Å². The van der Waals surface area contributed by atoms with Crippen LogP contribution in [0.4, 0.5) is 0 Å². The Hall–Kier alpha value is -5.58. The van der Waals surface area contributed by atoms with Crippen LogP contribution >= 0.6 is 45.7 Å². The Morgan fingerprint density at radius 3 is 1.30 bits per heavy atom. The van der Waals surface area contributed by atoms with E-state index in [9.17, 15) is 0 Å². The summed E-state index contributed by atoms with van der Waals surface area (Å²) in [6.07, 6.45) is 0. The molecule has 0 aliphatic rings. The molecule has 4 aromatic heterocycles. The smallest absolute Gasteiger partial charge is 0.0646 e. The zero-order valence-electron chi connectivity index (χ0n) is 28.7. The van der Waals surface area contributed by atoms with E-state index in [0.29, 0.717) is 0 Å². The molecule has 4 nitrogen and oxygen atoms in total. The summed E-state index contributed by atoms with van der Waals surface area (Å²) < 4.78 is 9.42. The lowest BCUT2D eigenvalue weighted by Gasteiger charge is -2.09. The molecular formula is C48H28I2N4. The lowest BCUT2D eigenvalue weighted by Crippen LogP contribution is -1.93. The molecule has 8 aromatic carbocycles. The number of nitrogens with zero attached hydrogens (tertiary/aromatic N) is 4. The topological polar surface area (TPSA) is 19.7 Å². The van der Waals surface area contributed by atoms with Crippen molar-refractivity contribution < 1.29 is 0 Å². The van der Waals surface area contributed by atoms with E-state index in [4.69, 9.17) is 0 Å². The van der Waals surface area contributed by atoms with Crippen molar-refractivity contribution >= 4 is 133 Å². The van der Waals surface area contributed by atoms with Gasteiger partial charge in [0, 0.05) is 54.5 Å². The molecular weight excluding hydrogens is 886 g/mol. The van der Waals surface area contributed by atoms with Crippen LogP contribution in [0.1, 0.15) is 0 Å². The van der Waals surface area contributed by atoms with E-state index >= 15 is 0 Å². The molecule has 4 heterocycles. The lowest BCUT2D eigenvalue weighted by molar-refractivity contribution is 1.18. The van der Waals surface area contributed by atoms with Gasteiger partial charge in [0.05, 0.1) is 89.9 Å². The average Bonchev–Trinajstić information content (AvgIpc) is 3.92. The van der Waals surface area contributed by atoms with Gasteiger partial charge in [-0.3, -0.25) is 5.56 Å². The van der Waals surface area contributed by atoms with Gasteiger partial charge in [0.2, 0.25) is 0 Å². The molecule has 0 aliphatic heterocycles. The van der Waals surface area contributed by atoms with Gasteiger partial charge >= 0.3 is 0 Å². The first-order chi connectivity index (χ1) is 26.6. The number of fused-ring (bicyclic) bond motifs is 12. The van der Waals surface area contributed by atoms with Crippen molar-refractivity contribution in [2.75, 3.05) is 0 Å². The largest absolute Gasteiger partial charge is 0.309 e. The lowest BCUT2D eigenvalue weighted by atomic mass is 10.0. The molecule has 0 N–H and O–H groups in total. The van der Waals surface area contributed by atoms with Crippen LogP contribution in [-0.2, 0) is 0 Å². The molecule has 0 fully saturated rings. The average molecular weight is 915 g/mol. The van der Waals surface area contributed by atoms with E-state index in [-0.39, 0.29) is 0 Å². The van der Waals surface area contributed by atoms with Gasteiger partial charge in [-0.05, 0) is 83.9 Å². The summed E-state index contributed by atoms with van der Waals surface area (Å²) in [5.41, 5.74) is 14.5. The van der Waals surface area contributed by atoms with E-state index in [1.807, 2.05) is 0 Å². The minimum atomic E-state index is 1.17. The number of aromatic nitrogens is 4. The number of hydrogen-bond donors (Lipinski definition) is 0. The molecule has 12 aromatic rings. The van der Waals surface area contributed by atoms with Gasteiger partial charge in [0.15, 0.2) is 0 Å². The minimum absolute atomic E-state index is 1.17. The summed E-state index contributed by atoms with van der Waals surface area (Å²) in [5, 5.41) is 10.1. The number of hydrogen-bond acceptors (Lipinski definition) is 0. The van der Waals surface area contributed by atoms with Gasteiger partial charge in [-0.15, -0.1) is 0 Å². The maximum absolute atomic E-state index is 2.49. The summed E-state index contributed by atoms with van der Waals surface area (Å²) in [6.45, 7) is 0. The Labute approximate surface area is 337 Å². The van der Waals surface area contributed by atoms with Crippen LogP contribution in [0.15, 0.2) is 170 Å². The van der Waals surface area contributed by atoms with Gasteiger partial charge in [-0.2, -0.15) is 0 Å². The van der Waals surface area contributed by atoms with Crippen LogP contribution in [0.25, 0.3) is 110 Å². The van der Waals surface area contributed by atoms with Crippen molar-refractivity contribution in [1.29, 1.82) is 0 Å². The van der Waals surface area contributed by atoms with Crippen LogP contribution in [0.5, 0.6) is 0 Å². The molecule has 0 amide bonds. The second-order valence-electron chi connectivity index (χ2n) is 14.2. The molecule has 0 aliphatic carbocycles. The third-order valence-electron chi connectivity index (χ3n) is 11.4.